The second kappa shape index (κ2) is 6.81. The van der Waals surface area contributed by atoms with Crippen LogP contribution in [0.3, 0.4) is 0 Å². The van der Waals surface area contributed by atoms with Gasteiger partial charge in [0, 0.05) is 11.6 Å². The molecule has 23 heavy (non-hydrogen) atoms. The summed E-state index contributed by atoms with van der Waals surface area (Å²) in [7, 11) is 0. The van der Waals surface area contributed by atoms with Gasteiger partial charge in [-0.05, 0) is 12.1 Å². The number of nitriles is 1. The molecule has 6 heteroatoms. The molecule has 5 nitrogen and oxygen atoms in total. The number of ketones is 1. The molecule has 1 aromatic carbocycles. The lowest BCUT2D eigenvalue weighted by molar-refractivity contribution is -0.114. The molecule has 0 amide bonds. The fourth-order valence-electron chi connectivity index (χ4n) is 1.95. The number of rotatable bonds is 5. The first kappa shape index (κ1) is 14.9. The first-order valence-corrected chi connectivity index (χ1v) is 7.64. The number of carbonyl (C=O) groups excluding carboxylic acids is 1. The van der Waals surface area contributed by atoms with Crippen LogP contribution in [-0.4, -0.2) is 16.0 Å². The minimum atomic E-state index is -0.306. The molecule has 0 fully saturated rings. The van der Waals surface area contributed by atoms with Crippen LogP contribution >= 0.6 is 11.3 Å². The lowest BCUT2D eigenvalue weighted by Gasteiger charge is -1.95. The van der Waals surface area contributed by atoms with Crippen LogP contribution in [-0.2, 0) is 11.2 Å². The maximum atomic E-state index is 12.2. The molecule has 0 N–H and O–H groups in total. The molecule has 0 unspecified atom stereocenters. The lowest BCUT2D eigenvalue weighted by atomic mass is 10.1. The molecule has 2 heterocycles. The number of hydrogen-bond acceptors (Lipinski definition) is 6. The zero-order valence-electron chi connectivity index (χ0n) is 12.0. The molecule has 2 aromatic heterocycles. The van der Waals surface area contributed by atoms with E-state index >= 15 is 0 Å². The van der Waals surface area contributed by atoms with E-state index in [1.165, 1.54) is 23.7 Å². The molecule has 0 bridgehead atoms. The molecule has 0 aliphatic carbocycles. The van der Waals surface area contributed by atoms with Crippen LogP contribution in [0, 0.1) is 11.3 Å². The first-order chi connectivity index (χ1) is 11.3. The van der Waals surface area contributed by atoms with Gasteiger partial charge in [0.05, 0.1) is 18.3 Å². The van der Waals surface area contributed by atoms with Crippen LogP contribution in [0.4, 0.5) is 0 Å². The predicted molar refractivity (Wildman–Crippen MR) is 86.4 cm³/mol. The number of allylic oxidation sites excluding steroid dienone is 1. The molecule has 0 aliphatic heterocycles. The van der Waals surface area contributed by atoms with Gasteiger partial charge in [-0.3, -0.25) is 4.79 Å². The summed E-state index contributed by atoms with van der Waals surface area (Å²) < 4.78 is 5.12. The topological polar surface area (TPSA) is 79.8 Å². The van der Waals surface area contributed by atoms with Crippen molar-refractivity contribution >= 4 is 23.2 Å². The van der Waals surface area contributed by atoms with Crippen molar-refractivity contribution in [3.63, 3.8) is 0 Å². The van der Waals surface area contributed by atoms with Crippen molar-refractivity contribution in [2.24, 2.45) is 0 Å². The summed E-state index contributed by atoms with van der Waals surface area (Å²) in [5.41, 5.74) is 0.992. The van der Waals surface area contributed by atoms with E-state index in [1.54, 1.807) is 12.1 Å². The summed E-state index contributed by atoms with van der Waals surface area (Å²) in [5.74, 6) is 0.164. The minimum Gasteiger partial charge on any atom is -0.465 e. The van der Waals surface area contributed by atoms with E-state index in [-0.39, 0.29) is 17.8 Å². The third-order valence-corrected chi connectivity index (χ3v) is 4.02. The highest BCUT2D eigenvalue weighted by Crippen LogP contribution is 2.23. The number of hydrogen-bond donors (Lipinski definition) is 0. The molecular weight excluding hydrogens is 310 g/mol. The van der Waals surface area contributed by atoms with E-state index in [0.717, 1.165) is 10.6 Å². The third kappa shape index (κ3) is 3.59. The molecule has 0 spiro atoms. The van der Waals surface area contributed by atoms with E-state index < -0.39 is 0 Å². The van der Waals surface area contributed by atoms with E-state index in [4.69, 9.17) is 9.68 Å². The molecule has 0 saturated heterocycles. The van der Waals surface area contributed by atoms with Crippen LogP contribution in [0.2, 0.25) is 0 Å². The Kier molecular flexibility index (Phi) is 4.41. The Morgan fingerprint density at radius 2 is 2.04 bits per heavy atom. The van der Waals surface area contributed by atoms with E-state index in [0.29, 0.717) is 10.8 Å². The van der Waals surface area contributed by atoms with Crippen molar-refractivity contribution in [2.45, 2.75) is 6.42 Å². The van der Waals surface area contributed by atoms with Gasteiger partial charge in [0.1, 0.15) is 21.8 Å². The fraction of sp³-hybridized carbons (Fsp3) is 0.0588. The Labute approximate surface area is 136 Å². The third-order valence-electron chi connectivity index (χ3n) is 3.05. The lowest BCUT2D eigenvalue weighted by Crippen LogP contribution is -2.04. The zero-order chi connectivity index (χ0) is 16.1. The van der Waals surface area contributed by atoms with Crippen molar-refractivity contribution in [1.82, 2.24) is 10.2 Å². The Hall–Kier alpha value is -3.04. The average molecular weight is 321 g/mol. The van der Waals surface area contributed by atoms with Crippen molar-refractivity contribution in [3.8, 4) is 16.6 Å². The normalized spacial score (nSPS) is 11.2. The van der Waals surface area contributed by atoms with Crippen LogP contribution < -0.4 is 0 Å². The SMILES string of the molecule is N#C/C(=C\c1ccco1)C(=O)Cc1nnc(-c2ccccc2)s1. The summed E-state index contributed by atoms with van der Waals surface area (Å²) in [5, 5.41) is 18.6. The predicted octanol–water partition coefficient (Wildman–Crippen LogP) is 3.52. The molecular formula is C17H11N3O2S. The van der Waals surface area contributed by atoms with Gasteiger partial charge in [0.2, 0.25) is 0 Å². The second-order valence-corrected chi connectivity index (χ2v) is 5.71. The van der Waals surface area contributed by atoms with Crippen LogP contribution in [0.5, 0.6) is 0 Å². The Morgan fingerprint density at radius 3 is 2.74 bits per heavy atom. The van der Waals surface area contributed by atoms with Gasteiger partial charge in [-0.25, -0.2) is 0 Å². The van der Waals surface area contributed by atoms with Crippen molar-refractivity contribution in [2.75, 3.05) is 0 Å². The fourth-order valence-corrected chi connectivity index (χ4v) is 2.79. The Balaban J connectivity index is 1.76. The van der Waals surface area contributed by atoms with Gasteiger partial charge in [-0.15, -0.1) is 10.2 Å². The molecule has 112 valence electrons. The van der Waals surface area contributed by atoms with Gasteiger partial charge in [-0.2, -0.15) is 5.26 Å². The Morgan fingerprint density at radius 1 is 1.22 bits per heavy atom. The molecule has 0 saturated carbocycles. The first-order valence-electron chi connectivity index (χ1n) is 6.82. The number of benzene rings is 1. The van der Waals surface area contributed by atoms with Gasteiger partial charge in [0.25, 0.3) is 0 Å². The molecule has 3 aromatic rings. The highest BCUT2D eigenvalue weighted by Gasteiger charge is 2.15. The van der Waals surface area contributed by atoms with E-state index in [2.05, 4.69) is 10.2 Å². The number of aromatic nitrogens is 2. The maximum absolute atomic E-state index is 12.2. The van der Waals surface area contributed by atoms with Gasteiger partial charge < -0.3 is 4.42 Å². The van der Waals surface area contributed by atoms with Gasteiger partial charge in [-0.1, -0.05) is 41.7 Å². The summed E-state index contributed by atoms with van der Waals surface area (Å²) in [6.07, 6.45) is 2.97. The molecule has 3 rings (SSSR count). The van der Waals surface area contributed by atoms with E-state index in [1.807, 2.05) is 36.4 Å². The Bertz CT molecular complexity index is 874. The molecule has 0 aliphatic rings. The number of Topliss-reactive ketones (excluding diaryl/α,β-unsaturated/α-hetero) is 1. The average Bonchev–Trinajstić information content (AvgIpc) is 3.25. The summed E-state index contributed by atoms with van der Waals surface area (Å²) in [6.45, 7) is 0. The molecule has 0 atom stereocenters. The summed E-state index contributed by atoms with van der Waals surface area (Å²) in [4.78, 5) is 12.2. The van der Waals surface area contributed by atoms with Gasteiger partial charge >= 0.3 is 0 Å². The van der Waals surface area contributed by atoms with Crippen molar-refractivity contribution < 1.29 is 9.21 Å². The largest absolute Gasteiger partial charge is 0.465 e. The highest BCUT2D eigenvalue weighted by molar-refractivity contribution is 7.14. The highest BCUT2D eigenvalue weighted by atomic mass is 32.1. The van der Waals surface area contributed by atoms with E-state index in [9.17, 15) is 4.79 Å². The quantitative estimate of drug-likeness (QED) is 0.530. The van der Waals surface area contributed by atoms with Crippen LogP contribution in [0.1, 0.15) is 10.8 Å². The maximum Gasteiger partial charge on any atom is 0.180 e. The standard InChI is InChI=1S/C17H11N3O2S/c18-11-13(9-14-7-4-8-22-14)15(21)10-16-19-20-17(23-16)12-5-2-1-3-6-12/h1-9H,10H2/b13-9+. The summed E-state index contributed by atoms with van der Waals surface area (Å²) >= 11 is 1.35. The smallest absolute Gasteiger partial charge is 0.180 e. The summed E-state index contributed by atoms with van der Waals surface area (Å²) in [6, 6.07) is 14.9. The number of furan rings is 1. The van der Waals surface area contributed by atoms with Crippen LogP contribution in [0.15, 0.2) is 58.7 Å². The van der Waals surface area contributed by atoms with Crippen LogP contribution in [0.25, 0.3) is 16.6 Å². The number of carbonyl (C=O) groups is 1. The van der Waals surface area contributed by atoms with Crippen molar-refractivity contribution in [3.05, 3.63) is 65.1 Å². The minimum absolute atomic E-state index is 0.0383. The van der Waals surface area contributed by atoms with Crippen molar-refractivity contribution in [1.29, 1.82) is 5.26 Å². The molecule has 0 radical (unpaired) electrons. The van der Waals surface area contributed by atoms with Gasteiger partial charge in [0.15, 0.2) is 5.78 Å². The zero-order valence-corrected chi connectivity index (χ0v) is 12.8. The number of nitrogens with zero attached hydrogens (tertiary/aromatic N) is 3. The monoisotopic (exact) mass is 321 g/mol. The second-order valence-electron chi connectivity index (χ2n) is 4.65.